The van der Waals surface area contributed by atoms with Crippen LogP contribution in [-0.2, 0) is 10.2 Å². The van der Waals surface area contributed by atoms with Crippen LogP contribution in [0.4, 0.5) is 4.79 Å². The van der Waals surface area contributed by atoms with Crippen molar-refractivity contribution in [1.29, 1.82) is 0 Å². The van der Waals surface area contributed by atoms with Gasteiger partial charge in [-0.05, 0) is 56.3 Å². The number of piperidine rings is 1. The summed E-state index contributed by atoms with van der Waals surface area (Å²) >= 11 is 0. The summed E-state index contributed by atoms with van der Waals surface area (Å²) in [6.07, 6.45) is 11.5. The summed E-state index contributed by atoms with van der Waals surface area (Å²) in [7, 11) is 1.44. The largest absolute Gasteiger partial charge is 0.453 e. The van der Waals surface area contributed by atoms with E-state index in [1.165, 1.54) is 82.7 Å². The number of hydrogen-bond acceptors (Lipinski definition) is 3. The fourth-order valence-corrected chi connectivity index (χ4v) is 5.64. The van der Waals surface area contributed by atoms with Crippen molar-refractivity contribution >= 4 is 6.09 Å². The van der Waals surface area contributed by atoms with Crippen molar-refractivity contribution in [2.24, 2.45) is 0 Å². The Morgan fingerprint density at radius 3 is 2.54 bits per heavy atom. The molecular formula is C22H34N2O2. The highest BCUT2D eigenvalue weighted by Crippen LogP contribution is 2.51. The molecule has 1 N–H and O–H groups in total. The molecule has 3 aliphatic rings. The standard InChI is InChI=1S/C22H32N2O2.H2/c1-26-21(25)23-20-16-22(19-11-7-6-10-18(19)20)12-14-24(15-13-22)17-8-4-2-3-5-9-17;/h6-7,10-11,17,20H,2-5,8-9,12-16H2,1H3,(H,23,25);1H/t20-;/m0./s1. The number of ether oxygens (including phenoxy) is 1. The number of rotatable bonds is 2. The predicted molar refractivity (Wildman–Crippen MR) is 105 cm³/mol. The zero-order chi connectivity index (χ0) is 18.0. The van der Waals surface area contributed by atoms with Gasteiger partial charge in [0.2, 0.25) is 0 Å². The number of benzene rings is 1. The molecule has 0 unspecified atom stereocenters. The molecule has 1 amide bonds. The Labute approximate surface area is 158 Å². The van der Waals surface area contributed by atoms with E-state index in [4.69, 9.17) is 4.74 Å². The normalized spacial score (nSPS) is 26.3. The lowest BCUT2D eigenvalue weighted by Crippen LogP contribution is -2.46. The van der Waals surface area contributed by atoms with Gasteiger partial charge < -0.3 is 15.0 Å². The van der Waals surface area contributed by atoms with Crippen LogP contribution in [0.25, 0.3) is 0 Å². The third-order valence-corrected chi connectivity index (χ3v) is 7.08. The SMILES string of the molecule is COC(=O)N[C@H]1CC2(CCN(C3CCCCCC3)CC2)c2ccccc21.[HH]. The zero-order valence-electron chi connectivity index (χ0n) is 16.0. The third-order valence-electron chi connectivity index (χ3n) is 7.08. The number of nitrogens with zero attached hydrogens (tertiary/aromatic N) is 1. The first kappa shape index (κ1) is 17.8. The van der Waals surface area contributed by atoms with Crippen molar-refractivity contribution in [3.63, 3.8) is 0 Å². The van der Waals surface area contributed by atoms with Gasteiger partial charge in [-0.15, -0.1) is 0 Å². The summed E-state index contributed by atoms with van der Waals surface area (Å²) in [6, 6.07) is 9.60. The summed E-state index contributed by atoms with van der Waals surface area (Å²) in [5.74, 6) is 0. The highest BCUT2D eigenvalue weighted by molar-refractivity contribution is 5.68. The van der Waals surface area contributed by atoms with Crippen LogP contribution in [-0.4, -0.2) is 37.2 Å². The topological polar surface area (TPSA) is 41.6 Å². The Hall–Kier alpha value is -1.55. The average Bonchev–Trinajstić information content (AvgIpc) is 2.85. The minimum atomic E-state index is -0.322. The Morgan fingerprint density at radius 2 is 1.85 bits per heavy atom. The van der Waals surface area contributed by atoms with Gasteiger partial charge in [0.05, 0.1) is 13.2 Å². The van der Waals surface area contributed by atoms with Crippen LogP contribution in [0.1, 0.15) is 76.4 Å². The summed E-state index contributed by atoms with van der Waals surface area (Å²) in [6.45, 7) is 2.40. The minimum Gasteiger partial charge on any atom is -0.453 e. The summed E-state index contributed by atoms with van der Waals surface area (Å²) in [5, 5.41) is 3.06. The van der Waals surface area contributed by atoms with Gasteiger partial charge in [0, 0.05) is 12.9 Å². The van der Waals surface area contributed by atoms with E-state index in [1.54, 1.807) is 0 Å². The second-order valence-corrected chi connectivity index (χ2v) is 8.44. The van der Waals surface area contributed by atoms with E-state index in [-0.39, 0.29) is 19.0 Å². The Morgan fingerprint density at radius 1 is 1.15 bits per heavy atom. The lowest BCUT2D eigenvalue weighted by molar-refractivity contribution is 0.101. The molecule has 0 bridgehead atoms. The van der Waals surface area contributed by atoms with Crippen molar-refractivity contribution < 1.29 is 11.0 Å². The maximum Gasteiger partial charge on any atom is 0.407 e. The van der Waals surface area contributed by atoms with E-state index in [0.29, 0.717) is 0 Å². The molecule has 0 aromatic heterocycles. The van der Waals surface area contributed by atoms with Crippen molar-refractivity contribution in [2.45, 2.75) is 75.3 Å². The van der Waals surface area contributed by atoms with Gasteiger partial charge in [-0.2, -0.15) is 0 Å². The van der Waals surface area contributed by atoms with E-state index >= 15 is 0 Å². The van der Waals surface area contributed by atoms with E-state index in [9.17, 15) is 4.79 Å². The van der Waals surface area contributed by atoms with Crippen LogP contribution in [0, 0.1) is 0 Å². The molecule has 1 spiro atoms. The molecule has 1 atom stereocenters. The number of nitrogens with one attached hydrogen (secondary N) is 1. The summed E-state index contributed by atoms with van der Waals surface area (Å²) in [5.41, 5.74) is 2.98. The molecule has 144 valence electrons. The van der Waals surface area contributed by atoms with E-state index in [0.717, 1.165) is 12.5 Å². The van der Waals surface area contributed by atoms with Crippen LogP contribution in [0.3, 0.4) is 0 Å². The number of hydrogen-bond donors (Lipinski definition) is 1. The lowest BCUT2D eigenvalue weighted by atomic mass is 9.73. The Bertz CT molecular complexity index is 635. The van der Waals surface area contributed by atoms with E-state index in [1.807, 2.05) is 0 Å². The minimum absolute atomic E-state index is 0. The Kier molecular flexibility index (Phi) is 5.21. The van der Waals surface area contributed by atoms with Crippen LogP contribution in [0.5, 0.6) is 0 Å². The lowest BCUT2D eigenvalue weighted by Gasteiger charge is -2.43. The number of likely N-dealkylation sites (tertiary alicyclic amines) is 1. The molecule has 26 heavy (non-hydrogen) atoms. The molecule has 1 saturated heterocycles. The molecule has 1 heterocycles. The van der Waals surface area contributed by atoms with Crippen LogP contribution < -0.4 is 5.32 Å². The van der Waals surface area contributed by atoms with Crippen molar-refractivity contribution in [1.82, 2.24) is 10.2 Å². The molecule has 0 radical (unpaired) electrons. The monoisotopic (exact) mass is 358 g/mol. The number of carbonyl (C=O) groups excluding carboxylic acids is 1. The second-order valence-electron chi connectivity index (χ2n) is 8.44. The molecule has 1 aromatic carbocycles. The summed E-state index contributed by atoms with van der Waals surface area (Å²) in [4.78, 5) is 14.6. The van der Waals surface area contributed by atoms with E-state index in [2.05, 4.69) is 34.5 Å². The number of amides is 1. The maximum atomic E-state index is 11.8. The van der Waals surface area contributed by atoms with Crippen molar-refractivity contribution in [3.8, 4) is 0 Å². The van der Waals surface area contributed by atoms with Crippen molar-refractivity contribution in [2.75, 3.05) is 20.2 Å². The molecule has 4 heteroatoms. The van der Waals surface area contributed by atoms with Crippen molar-refractivity contribution in [3.05, 3.63) is 35.4 Å². The van der Waals surface area contributed by atoms with Gasteiger partial charge in [0.15, 0.2) is 0 Å². The first-order chi connectivity index (χ1) is 12.7. The van der Waals surface area contributed by atoms with Crippen LogP contribution >= 0.6 is 0 Å². The fraction of sp³-hybridized carbons (Fsp3) is 0.682. The average molecular weight is 359 g/mol. The number of alkyl carbamates (subject to hydrolysis) is 1. The molecule has 4 nitrogen and oxygen atoms in total. The number of carbonyl (C=O) groups is 1. The maximum absolute atomic E-state index is 11.8. The summed E-state index contributed by atoms with van der Waals surface area (Å²) < 4.78 is 4.85. The predicted octanol–water partition coefficient (Wildman–Crippen LogP) is 4.79. The van der Waals surface area contributed by atoms with Gasteiger partial charge in [0.25, 0.3) is 0 Å². The highest BCUT2D eigenvalue weighted by atomic mass is 16.5. The molecule has 4 rings (SSSR count). The first-order valence-electron chi connectivity index (χ1n) is 10.4. The van der Waals surface area contributed by atoms with Crippen LogP contribution in [0.15, 0.2) is 24.3 Å². The van der Waals surface area contributed by atoms with Gasteiger partial charge in [-0.25, -0.2) is 4.79 Å². The van der Waals surface area contributed by atoms with Gasteiger partial charge in [0.1, 0.15) is 0 Å². The van der Waals surface area contributed by atoms with Gasteiger partial charge in [-0.1, -0.05) is 49.9 Å². The molecule has 1 saturated carbocycles. The van der Waals surface area contributed by atoms with Gasteiger partial charge in [-0.3, -0.25) is 0 Å². The second kappa shape index (κ2) is 7.59. The quantitative estimate of drug-likeness (QED) is 0.773. The van der Waals surface area contributed by atoms with Gasteiger partial charge >= 0.3 is 6.09 Å². The third kappa shape index (κ3) is 3.36. The zero-order valence-corrected chi connectivity index (χ0v) is 16.0. The number of methoxy groups -OCH3 is 1. The molecule has 1 aliphatic heterocycles. The molecule has 1 aromatic rings. The fourth-order valence-electron chi connectivity index (χ4n) is 5.64. The molecular weight excluding hydrogens is 324 g/mol. The highest BCUT2D eigenvalue weighted by Gasteiger charge is 2.46. The first-order valence-corrected chi connectivity index (χ1v) is 10.4. The molecule has 2 aliphatic carbocycles. The Balaban J connectivity index is 0.00000210. The number of fused-ring (bicyclic) bond motifs is 2. The van der Waals surface area contributed by atoms with E-state index < -0.39 is 0 Å². The molecule has 2 fully saturated rings. The smallest absolute Gasteiger partial charge is 0.407 e. The van der Waals surface area contributed by atoms with Crippen LogP contribution in [0.2, 0.25) is 0 Å².